The number of thiazole rings is 1. The largest absolute Gasteiger partial charge is 0.490 e. The zero-order valence-corrected chi connectivity index (χ0v) is 17.7. The number of pyridine rings is 1. The second-order valence-electron chi connectivity index (χ2n) is 7.29. The Hall–Kier alpha value is -2.24. The number of aliphatic carboxylic acids is 1. The van der Waals surface area contributed by atoms with Crippen LogP contribution < -0.4 is 4.90 Å². The van der Waals surface area contributed by atoms with E-state index in [1.807, 2.05) is 19.2 Å². The van der Waals surface area contributed by atoms with Crippen LogP contribution >= 0.6 is 11.3 Å². The minimum Gasteiger partial charge on any atom is -0.475 e. The molecule has 2 saturated heterocycles. The van der Waals surface area contributed by atoms with Crippen LogP contribution in [0, 0.1) is 6.92 Å². The summed E-state index contributed by atoms with van der Waals surface area (Å²) < 4.78 is 43.9. The van der Waals surface area contributed by atoms with Crippen molar-refractivity contribution in [3.63, 3.8) is 0 Å². The minimum atomic E-state index is -5.08. The molecule has 4 rings (SSSR count). The van der Waals surface area contributed by atoms with Gasteiger partial charge in [0, 0.05) is 18.1 Å². The van der Waals surface area contributed by atoms with E-state index in [4.69, 9.17) is 19.4 Å². The van der Waals surface area contributed by atoms with Gasteiger partial charge in [0.1, 0.15) is 5.82 Å². The fraction of sp³-hybridized carbons (Fsp3) is 0.550. The van der Waals surface area contributed by atoms with E-state index < -0.39 is 12.1 Å². The zero-order chi connectivity index (χ0) is 22.4. The predicted molar refractivity (Wildman–Crippen MR) is 108 cm³/mol. The van der Waals surface area contributed by atoms with Crippen molar-refractivity contribution in [1.82, 2.24) is 9.97 Å². The molecule has 2 aromatic heterocycles. The van der Waals surface area contributed by atoms with Crippen molar-refractivity contribution in [1.29, 1.82) is 0 Å². The maximum absolute atomic E-state index is 10.6. The Kier molecular flexibility index (Phi) is 7.84. The van der Waals surface area contributed by atoms with Crippen molar-refractivity contribution in [2.45, 2.75) is 57.2 Å². The Labute approximate surface area is 181 Å². The van der Waals surface area contributed by atoms with Crippen LogP contribution in [-0.2, 0) is 20.9 Å². The fourth-order valence-corrected chi connectivity index (χ4v) is 4.30. The van der Waals surface area contributed by atoms with E-state index in [1.165, 1.54) is 0 Å². The number of aryl methyl sites for hydroxylation is 1. The van der Waals surface area contributed by atoms with Gasteiger partial charge in [0.05, 0.1) is 42.2 Å². The number of nitrogens with zero attached hydrogens (tertiary/aromatic N) is 3. The molecule has 0 spiro atoms. The van der Waals surface area contributed by atoms with E-state index in [1.54, 1.807) is 11.3 Å². The summed E-state index contributed by atoms with van der Waals surface area (Å²) >= 11 is 1.67. The van der Waals surface area contributed by atoms with Crippen LogP contribution in [-0.4, -0.2) is 58.6 Å². The van der Waals surface area contributed by atoms with Gasteiger partial charge in [0.15, 0.2) is 0 Å². The van der Waals surface area contributed by atoms with Gasteiger partial charge in [0.25, 0.3) is 0 Å². The van der Waals surface area contributed by atoms with E-state index in [2.05, 4.69) is 32.4 Å². The van der Waals surface area contributed by atoms with Crippen molar-refractivity contribution in [3.05, 3.63) is 40.5 Å². The highest BCUT2D eigenvalue weighted by atomic mass is 32.1. The topological polar surface area (TPSA) is 84.8 Å². The maximum Gasteiger partial charge on any atom is 0.490 e. The number of halogens is 3. The average Bonchev–Trinajstić information content (AvgIpc) is 3.34. The third kappa shape index (κ3) is 6.62. The molecule has 1 N–H and O–H groups in total. The van der Waals surface area contributed by atoms with Crippen molar-refractivity contribution in [3.8, 4) is 0 Å². The second-order valence-corrected chi connectivity index (χ2v) is 8.35. The molecule has 0 bridgehead atoms. The van der Waals surface area contributed by atoms with E-state index in [0.29, 0.717) is 25.4 Å². The average molecular weight is 459 g/mol. The maximum atomic E-state index is 10.6. The van der Waals surface area contributed by atoms with Gasteiger partial charge in [-0.15, -0.1) is 11.3 Å². The summed E-state index contributed by atoms with van der Waals surface area (Å²) in [5, 5.41) is 10.3. The van der Waals surface area contributed by atoms with Crippen LogP contribution in [0.1, 0.15) is 30.0 Å². The molecule has 0 radical (unpaired) electrons. The number of hydrogen-bond acceptors (Lipinski definition) is 7. The summed E-state index contributed by atoms with van der Waals surface area (Å²) in [5.74, 6) is -1.69. The predicted octanol–water partition coefficient (Wildman–Crippen LogP) is 3.82. The summed E-state index contributed by atoms with van der Waals surface area (Å²) in [5.41, 5.74) is 1.02. The first-order valence-electron chi connectivity index (χ1n) is 9.86. The highest BCUT2D eigenvalue weighted by Crippen LogP contribution is 2.34. The third-order valence-electron chi connectivity index (χ3n) is 5.04. The van der Waals surface area contributed by atoms with Crippen LogP contribution in [0.25, 0.3) is 0 Å². The molecule has 7 nitrogen and oxygen atoms in total. The van der Waals surface area contributed by atoms with Crippen molar-refractivity contribution >= 4 is 23.1 Å². The number of aromatic nitrogens is 2. The normalized spacial score (nSPS) is 23.1. The number of hydrogen-bond donors (Lipinski definition) is 1. The Morgan fingerprint density at radius 2 is 2.13 bits per heavy atom. The number of carboxylic acid groups (broad SMARTS) is 1. The van der Waals surface area contributed by atoms with Gasteiger partial charge in [-0.3, -0.25) is 0 Å². The van der Waals surface area contributed by atoms with Crippen LogP contribution in [0.5, 0.6) is 0 Å². The first-order chi connectivity index (χ1) is 14.7. The van der Waals surface area contributed by atoms with Gasteiger partial charge in [-0.25, -0.2) is 14.8 Å². The molecule has 170 valence electrons. The zero-order valence-electron chi connectivity index (χ0n) is 16.9. The third-order valence-corrected chi connectivity index (χ3v) is 5.86. The molecule has 2 fully saturated rings. The summed E-state index contributed by atoms with van der Waals surface area (Å²) in [4.78, 5) is 20.2. The van der Waals surface area contributed by atoms with Crippen LogP contribution in [0.4, 0.5) is 19.0 Å². The molecule has 0 aromatic carbocycles. The Morgan fingerprint density at radius 3 is 2.74 bits per heavy atom. The number of carbonyl (C=O) groups is 1. The molecular formula is C20H24F3N3O4S. The van der Waals surface area contributed by atoms with Crippen molar-refractivity contribution in [2.75, 3.05) is 18.1 Å². The van der Waals surface area contributed by atoms with Crippen LogP contribution in [0.3, 0.4) is 0 Å². The quantitative estimate of drug-likeness (QED) is 0.728. The number of alkyl halides is 3. The number of carboxylic acids is 1. The molecule has 3 atom stereocenters. The standard InChI is InChI=1S/C18H23N3O2S.C2HF3O2/c1-13-20-14(12-24-13)10-22-11-15-5-6-16-17(23-15)7-9-21(16)18-4-2-3-8-19-18;3-2(4,5)1(6)7/h2-4,8,12,15-17H,5-7,9-11H2,1H3;(H,6,7)/t15-,16-,17-;/m0./s1. The van der Waals surface area contributed by atoms with Crippen LogP contribution in [0.2, 0.25) is 0 Å². The Bertz CT molecular complexity index is 850. The molecule has 0 unspecified atom stereocenters. The Morgan fingerprint density at radius 1 is 1.35 bits per heavy atom. The lowest BCUT2D eigenvalue weighted by Crippen LogP contribution is -2.44. The lowest BCUT2D eigenvalue weighted by Gasteiger charge is -2.36. The van der Waals surface area contributed by atoms with Gasteiger partial charge >= 0.3 is 12.1 Å². The highest BCUT2D eigenvalue weighted by molar-refractivity contribution is 7.09. The van der Waals surface area contributed by atoms with Gasteiger partial charge < -0.3 is 19.5 Å². The van der Waals surface area contributed by atoms with Crippen molar-refractivity contribution < 1.29 is 32.5 Å². The number of ether oxygens (including phenoxy) is 2. The molecule has 4 heterocycles. The second kappa shape index (κ2) is 10.4. The van der Waals surface area contributed by atoms with E-state index in [-0.39, 0.29) is 6.10 Å². The molecule has 2 aliphatic heterocycles. The lowest BCUT2D eigenvalue weighted by atomic mass is 9.99. The van der Waals surface area contributed by atoms with Gasteiger partial charge in [-0.05, 0) is 38.3 Å². The fourth-order valence-electron chi connectivity index (χ4n) is 3.70. The van der Waals surface area contributed by atoms with E-state index >= 15 is 0 Å². The minimum absolute atomic E-state index is 0.203. The first kappa shape index (κ1) is 23.4. The SMILES string of the molecule is Cc1nc(COC[C@@H]2CC[C@H]3[C@H](CCN3c3ccccn3)O2)cs1.O=C(O)C(F)(F)F. The van der Waals surface area contributed by atoms with E-state index in [0.717, 1.165) is 42.3 Å². The summed E-state index contributed by atoms with van der Waals surface area (Å²) in [6.45, 7) is 4.28. The number of anilines is 1. The summed E-state index contributed by atoms with van der Waals surface area (Å²) in [7, 11) is 0. The summed E-state index contributed by atoms with van der Waals surface area (Å²) in [6, 6.07) is 6.56. The van der Waals surface area contributed by atoms with E-state index in [9.17, 15) is 13.2 Å². The molecule has 31 heavy (non-hydrogen) atoms. The van der Waals surface area contributed by atoms with Gasteiger partial charge in [-0.2, -0.15) is 13.2 Å². The molecule has 2 aromatic rings. The highest BCUT2D eigenvalue weighted by Gasteiger charge is 2.40. The molecule has 11 heteroatoms. The van der Waals surface area contributed by atoms with Crippen LogP contribution in [0.15, 0.2) is 29.8 Å². The molecule has 2 aliphatic rings. The number of rotatable bonds is 5. The molecule has 0 aliphatic carbocycles. The molecular weight excluding hydrogens is 435 g/mol. The molecule has 0 saturated carbocycles. The lowest BCUT2D eigenvalue weighted by molar-refractivity contribution is -0.192. The van der Waals surface area contributed by atoms with Gasteiger partial charge in [-0.1, -0.05) is 6.07 Å². The monoisotopic (exact) mass is 459 g/mol. The van der Waals surface area contributed by atoms with Gasteiger partial charge in [0.2, 0.25) is 0 Å². The first-order valence-corrected chi connectivity index (χ1v) is 10.7. The number of fused-ring (bicyclic) bond motifs is 1. The van der Waals surface area contributed by atoms with Crippen molar-refractivity contribution in [2.24, 2.45) is 0 Å². The molecule has 0 amide bonds. The smallest absolute Gasteiger partial charge is 0.475 e. The summed E-state index contributed by atoms with van der Waals surface area (Å²) in [6.07, 6.45) is 0.545. The Balaban J connectivity index is 0.000000339.